The third kappa shape index (κ3) is 3.64. The number of imide groups is 1. The highest BCUT2D eigenvalue weighted by Crippen LogP contribution is 2.27. The Balaban J connectivity index is 1.56. The third-order valence-corrected chi connectivity index (χ3v) is 3.90. The van der Waals surface area contributed by atoms with E-state index < -0.39 is 31.1 Å². The van der Waals surface area contributed by atoms with Gasteiger partial charge in [0.2, 0.25) is 0 Å². The number of hydrogen-bond acceptors (Lipinski definition) is 7. The summed E-state index contributed by atoms with van der Waals surface area (Å²) < 4.78 is 15.4. The van der Waals surface area contributed by atoms with Crippen LogP contribution in [0.5, 0.6) is 11.5 Å². The van der Waals surface area contributed by atoms with Gasteiger partial charge in [-0.2, -0.15) is 0 Å². The molecule has 8 heteroatoms. The maximum absolute atomic E-state index is 12.2. The smallest absolute Gasteiger partial charge is 0.345 e. The van der Waals surface area contributed by atoms with Crippen molar-refractivity contribution in [2.45, 2.75) is 0 Å². The molecule has 0 atom stereocenters. The zero-order valence-electron chi connectivity index (χ0n) is 14.3. The first kappa shape index (κ1) is 18.1. The molecule has 0 saturated heterocycles. The molecule has 0 spiro atoms. The van der Waals surface area contributed by atoms with Gasteiger partial charge in [-0.25, -0.2) is 9.69 Å². The number of methoxy groups -OCH3 is 1. The second-order valence-corrected chi connectivity index (χ2v) is 5.55. The maximum atomic E-state index is 12.2. The van der Waals surface area contributed by atoms with Gasteiger partial charge in [-0.1, -0.05) is 12.1 Å². The monoisotopic (exact) mass is 369 g/mol. The van der Waals surface area contributed by atoms with Crippen LogP contribution < -0.4 is 9.47 Å². The van der Waals surface area contributed by atoms with E-state index in [1.165, 1.54) is 37.4 Å². The molecule has 0 bridgehead atoms. The summed E-state index contributed by atoms with van der Waals surface area (Å²) in [6.07, 6.45) is 0.655. The van der Waals surface area contributed by atoms with Crippen LogP contribution in [-0.2, 0) is 9.53 Å². The summed E-state index contributed by atoms with van der Waals surface area (Å²) >= 11 is 0. The Kier molecular flexibility index (Phi) is 5.16. The maximum Gasteiger partial charge on any atom is 0.345 e. The van der Waals surface area contributed by atoms with Gasteiger partial charge in [0, 0.05) is 5.56 Å². The number of fused-ring (bicyclic) bond motifs is 1. The van der Waals surface area contributed by atoms with Crippen LogP contribution in [0.25, 0.3) is 0 Å². The number of esters is 1. The lowest BCUT2D eigenvalue weighted by molar-refractivity contribution is -0.148. The van der Waals surface area contributed by atoms with Gasteiger partial charge in [-0.05, 0) is 30.3 Å². The highest BCUT2D eigenvalue weighted by Gasteiger charge is 2.35. The molecule has 138 valence electrons. The van der Waals surface area contributed by atoms with Crippen LogP contribution >= 0.6 is 0 Å². The number of hydrogen-bond donors (Lipinski definition) is 0. The number of aldehydes is 1. The van der Waals surface area contributed by atoms with E-state index in [0.29, 0.717) is 11.8 Å². The number of rotatable bonds is 7. The SMILES string of the molecule is COc1cc(C=O)ccc1OCC(=O)OCN1C(=O)c2ccccc2C1=O. The molecular weight excluding hydrogens is 354 g/mol. The number of ether oxygens (including phenoxy) is 3. The zero-order valence-corrected chi connectivity index (χ0v) is 14.3. The highest BCUT2D eigenvalue weighted by molar-refractivity contribution is 6.21. The Labute approximate surface area is 154 Å². The average Bonchev–Trinajstić information content (AvgIpc) is 2.95. The van der Waals surface area contributed by atoms with Crippen molar-refractivity contribution in [3.05, 3.63) is 59.2 Å². The second-order valence-electron chi connectivity index (χ2n) is 5.55. The fourth-order valence-electron chi connectivity index (χ4n) is 2.55. The van der Waals surface area contributed by atoms with Crippen LogP contribution in [0, 0.1) is 0 Å². The van der Waals surface area contributed by atoms with Crippen molar-refractivity contribution in [1.82, 2.24) is 4.90 Å². The molecule has 2 aromatic carbocycles. The first-order valence-corrected chi connectivity index (χ1v) is 7.92. The normalized spacial score (nSPS) is 12.6. The standard InChI is InChI=1S/C19H15NO7/c1-25-16-8-12(9-21)6-7-15(16)26-10-17(22)27-11-20-18(23)13-4-2-3-5-14(13)19(20)24/h2-9H,10-11H2,1H3. The molecule has 0 fully saturated rings. The molecule has 0 saturated carbocycles. The first-order valence-electron chi connectivity index (χ1n) is 7.92. The number of carbonyl (C=O) groups is 4. The summed E-state index contributed by atoms with van der Waals surface area (Å²) in [5.41, 5.74) is 0.942. The second kappa shape index (κ2) is 7.69. The summed E-state index contributed by atoms with van der Waals surface area (Å²) in [5.74, 6) is -1.27. The van der Waals surface area contributed by atoms with Gasteiger partial charge in [0.1, 0.15) is 6.29 Å². The molecule has 3 rings (SSSR count). The number of nitrogens with zero attached hydrogens (tertiary/aromatic N) is 1. The lowest BCUT2D eigenvalue weighted by Gasteiger charge is -2.14. The molecule has 1 aliphatic heterocycles. The number of carbonyl (C=O) groups excluding carboxylic acids is 4. The topological polar surface area (TPSA) is 99.2 Å². The van der Waals surface area contributed by atoms with Gasteiger partial charge in [0.25, 0.3) is 11.8 Å². The van der Waals surface area contributed by atoms with E-state index in [4.69, 9.17) is 14.2 Å². The highest BCUT2D eigenvalue weighted by atomic mass is 16.6. The Hall–Kier alpha value is -3.68. The lowest BCUT2D eigenvalue weighted by atomic mass is 10.1. The van der Waals surface area contributed by atoms with Crippen molar-refractivity contribution in [1.29, 1.82) is 0 Å². The quantitative estimate of drug-likeness (QED) is 0.416. The Morgan fingerprint density at radius 2 is 1.70 bits per heavy atom. The van der Waals surface area contributed by atoms with Crippen LogP contribution in [-0.4, -0.2) is 49.4 Å². The number of benzene rings is 2. The molecule has 0 aromatic heterocycles. The van der Waals surface area contributed by atoms with Crippen LogP contribution in [0.1, 0.15) is 31.1 Å². The Morgan fingerprint density at radius 3 is 2.30 bits per heavy atom. The van der Waals surface area contributed by atoms with Gasteiger partial charge in [0.15, 0.2) is 24.8 Å². The molecule has 0 radical (unpaired) electrons. The van der Waals surface area contributed by atoms with Gasteiger partial charge in [-0.3, -0.25) is 14.4 Å². The molecular formula is C19H15NO7. The van der Waals surface area contributed by atoms with Gasteiger partial charge >= 0.3 is 5.97 Å². The molecule has 1 heterocycles. The fourth-order valence-corrected chi connectivity index (χ4v) is 2.55. The van der Waals surface area contributed by atoms with Crippen LogP contribution in [0.15, 0.2) is 42.5 Å². The zero-order chi connectivity index (χ0) is 19.4. The molecule has 0 unspecified atom stereocenters. The third-order valence-electron chi connectivity index (χ3n) is 3.90. The van der Waals surface area contributed by atoms with E-state index in [2.05, 4.69) is 0 Å². The van der Waals surface area contributed by atoms with Gasteiger partial charge < -0.3 is 14.2 Å². The minimum atomic E-state index is -0.770. The molecule has 2 amide bonds. The van der Waals surface area contributed by atoms with Crippen molar-refractivity contribution in [2.75, 3.05) is 20.4 Å². The molecule has 0 aliphatic carbocycles. The largest absolute Gasteiger partial charge is 0.493 e. The summed E-state index contributed by atoms with van der Waals surface area (Å²) in [5, 5.41) is 0. The van der Waals surface area contributed by atoms with Crippen LogP contribution in [0.3, 0.4) is 0 Å². The van der Waals surface area contributed by atoms with E-state index in [1.807, 2.05) is 0 Å². The first-order chi connectivity index (χ1) is 13.0. The molecule has 1 aliphatic rings. The van der Waals surface area contributed by atoms with E-state index in [-0.39, 0.29) is 22.6 Å². The van der Waals surface area contributed by atoms with Gasteiger partial charge in [0.05, 0.1) is 18.2 Å². The predicted octanol–water partition coefficient (Wildman–Crippen LogP) is 1.68. The van der Waals surface area contributed by atoms with Crippen LogP contribution in [0.4, 0.5) is 0 Å². The van der Waals surface area contributed by atoms with E-state index in [9.17, 15) is 19.2 Å². The minimum absolute atomic E-state index is 0.251. The van der Waals surface area contributed by atoms with Crippen molar-refractivity contribution in [3.63, 3.8) is 0 Å². The van der Waals surface area contributed by atoms with E-state index in [0.717, 1.165) is 4.90 Å². The number of amides is 2. The minimum Gasteiger partial charge on any atom is -0.493 e. The summed E-state index contributed by atoms with van der Waals surface area (Å²) in [6, 6.07) is 10.8. The lowest BCUT2D eigenvalue weighted by Crippen LogP contribution is -2.34. The van der Waals surface area contributed by atoms with Crippen molar-refractivity contribution in [2.24, 2.45) is 0 Å². The molecule has 8 nitrogen and oxygen atoms in total. The summed E-state index contributed by atoms with van der Waals surface area (Å²) in [6.45, 7) is -0.963. The molecule has 27 heavy (non-hydrogen) atoms. The average molecular weight is 369 g/mol. The summed E-state index contributed by atoms with van der Waals surface area (Å²) in [4.78, 5) is 47.9. The summed E-state index contributed by atoms with van der Waals surface area (Å²) in [7, 11) is 1.40. The fraction of sp³-hybridized carbons (Fsp3) is 0.158. The predicted molar refractivity (Wildman–Crippen MR) is 91.8 cm³/mol. The molecule has 2 aromatic rings. The molecule has 0 N–H and O–H groups in total. The van der Waals surface area contributed by atoms with E-state index >= 15 is 0 Å². The van der Waals surface area contributed by atoms with E-state index in [1.54, 1.807) is 12.1 Å². The Morgan fingerprint density at radius 1 is 1.04 bits per heavy atom. The van der Waals surface area contributed by atoms with Crippen LogP contribution in [0.2, 0.25) is 0 Å². The van der Waals surface area contributed by atoms with Gasteiger partial charge in [-0.15, -0.1) is 0 Å². The van der Waals surface area contributed by atoms with Crippen molar-refractivity contribution < 1.29 is 33.4 Å². The Bertz CT molecular complexity index is 887. The van der Waals surface area contributed by atoms with Crippen molar-refractivity contribution in [3.8, 4) is 11.5 Å². The van der Waals surface area contributed by atoms with Crippen molar-refractivity contribution >= 4 is 24.1 Å².